The largest absolute Gasteiger partial charge is 0.345 e. The topological polar surface area (TPSA) is 96.8 Å². The molecule has 2 aromatic heterocycles. The van der Waals surface area contributed by atoms with Gasteiger partial charge in [-0.05, 0) is 47.9 Å². The summed E-state index contributed by atoms with van der Waals surface area (Å²) in [7, 11) is 0. The lowest BCUT2D eigenvalue weighted by Gasteiger charge is -2.10. The molecule has 202 valence electrons. The van der Waals surface area contributed by atoms with Crippen LogP contribution in [0.5, 0.6) is 0 Å². The van der Waals surface area contributed by atoms with E-state index in [1.165, 1.54) is 12.3 Å². The molecule has 11 heteroatoms. The second kappa shape index (κ2) is 11.2. The van der Waals surface area contributed by atoms with Gasteiger partial charge in [-0.25, -0.2) is 18.2 Å². The number of imidazole rings is 1. The van der Waals surface area contributed by atoms with Crippen molar-refractivity contribution >= 4 is 46.7 Å². The summed E-state index contributed by atoms with van der Waals surface area (Å²) in [6, 6.07) is 8.27. The maximum Gasteiger partial charge on any atom is 0.261 e. The molecule has 2 aromatic carbocycles. The molecule has 1 aliphatic rings. The monoisotopic (exact) mass is 564 g/mol. The van der Waals surface area contributed by atoms with Crippen molar-refractivity contribution in [3.8, 4) is 0 Å². The number of allylic oxidation sites excluding steroid dienone is 1. The van der Waals surface area contributed by atoms with E-state index in [2.05, 4.69) is 15.3 Å². The normalized spacial score (nSPS) is 13.7. The molecule has 0 spiro atoms. The van der Waals surface area contributed by atoms with Gasteiger partial charge in [-0.1, -0.05) is 35.9 Å². The number of Topliss-reactive ketones (excluding diaryl/α,β-unsaturated/α-hetero) is 1. The molecule has 0 aliphatic carbocycles. The molecule has 2 N–H and O–H groups in total. The fourth-order valence-corrected chi connectivity index (χ4v) is 4.56. The van der Waals surface area contributed by atoms with Crippen LogP contribution in [0, 0.1) is 17.5 Å². The minimum absolute atomic E-state index is 0.00351. The van der Waals surface area contributed by atoms with Gasteiger partial charge in [-0.3, -0.25) is 14.4 Å². The number of halogens is 4. The van der Waals surface area contributed by atoms with Gasteiger partial charge in [0, 0.05) is 36.3 Å². The number of amides is 1. The molecule has 0 radical (unpaired) electrons. The summed E-state index contributed by atoms with van der Waals surface area (Å²) in [5, 5.41) is 2.91. The van der Waals surface area contributed by atoms with E-state index in [0.29, 0.717) is 23.5 Å². The number of aromatic amines is 1. The number of carbonyl (C=O) groups excluding carboxylic acids is 2. The van der Waals surface area contributed by atoms with Crippen LogP contribution in [0.2, 0.25) is 5.02 Å². The molecule has 0 saturated heterocycles. The van der Waals surface area contributed by atoms with Gasteiger partial charge in [-0.2, -0.15) is 0 Å². The van der Waals surface area contributed by atoms with Crippen LogP contribution in [-0.2, 0) is 11.3 Å². The number of hydrogen-bond acceptors (Lipinski definition) is 4. The number of hydrogen-bond donors (Lipinski definition) is 2. The van der Waals surface area contributed by atoms with Crippen LogP contribution < -0.4 is 10.9 Å². The highest BCUT2D eigenvalue weighted by Gasteiger charge is 2.24. The highest BCUT2D eigenvalue weighted by atomic mass is 35.5. The van der Waals surface area contributed by atoms with Gasteiger partial charge in [0.2, 0.25) is 0 Å². The van der Waals surface area contributed by atoms with E-state index < -0.39 is 28.8 Å². The summed E-state index contributed by atoms with van der Waals surface area (Å²) in [4.78, 5) is 45.1. The van der Waals surface area contributed by atoms with Crippen molar-refractivity contribution < 1.29 is 22.8 Å². The molecule has 5 rings (SSSR count). The Kier molecular flexibility index (Phi) is 7.52. The Morgan fingerprint density at radius 1 is 1.07 bits per heavy atom. The molecule has 4 aromatic rings. The number of benzene rings is 2. The lowest BCUT2D eigenvalue weighted by molar-refractivity contribution is -0.110. The minimum atomic E-state index is -1.61. The van der Waals surface area contributed by atoms with Crippen LogP contribution in [0.15, 0.2) is 65.9 Å². The first-order valence-electron chi connectivity index (χ1n) is 12.1. The van der Waals surface area contributed by atoms with Gasteiger partial charge < -0.3 is 14.9 Å². The summed E-state index contributed by atoms with van der Waals surface area (Å²) in [6.45, 7) is -0.305. The number of rotatable bonds is 8. The smallest absolute Gasteiger partial charge is 0.261 e. The van der Waals surface area contributed by atoms with E-state index in [1.807, 2.05) is 18.2 Å². The molecule has 0 bridgehead atoms. The Morgan fingerprint density at radius 3 is 2.58 bits per heavy atom. The highest BCUT2D eigenvalue weighted by molar-refractivity contribution is 6.34. The molecule has 0 atom stereocenters. The Balaban J connectivity index is 1.26. The van der Waals surface area contributed by atoms with Crippen molar-refractivity contribution in [2.45, 2.75) is 19.4 Å². The molecule has 7 nitrogen and oxygen atoms in total. The quantitative estimate of drug-likeness (QED) is 0.159. The number of aromatic nitrogens is 3. The number of ketones is 1. The second-order valence-corrected chi connectivity index (χ2v) is 9.47. The number of nitrogens with zero attached hydrogens (tertiary/aromatic N) is 2. The zero-order valence-electron chi connectivity index (χ0n) is 20.7. The predicted octanol–water partition coefficient (Wildman–Crippen LogP) is 5.86. The van der Waals surface area contributed by atoms with Crippen molar-refractivity contribution in [1.29, 1.82) is 0 Å². The van der Waals surface area contributed by atoms with Crippen molar-refractivity contribution in [2.75, 3.05) is 5.32 Å². The third-order valence-electron chi connectivity index (χ3n) is 6.23. The van der Waals surface area contributed by atoms with Crippen LogP contribution in [0.4, 0.5) is 18.9 Å². The molecule has 40 heavy (non-hydrogen) atoms. The average molecular weight is 565 g/mol. The zero-order chi connectivity index (χ0) is 28.4. The van der Waals surface area contributed by atoms with E-state index >= 15 is 0 Å². The van der Waals surface area contributed by atoms with Crippen LogP contribution in [0.3, 0.4) is 0 Å². The second-order valence-electron chi connectivity index (χ2n) is 9.03. The Bertz CT molecular complexity index is 1740. The van der Waals surface area contributed by atoms with Crippen molar-refractivity contribution in [2.24, 2.45) is 0 Å². The van der Waals surface area contributed by atoms with Crippen molar-refractivity contribution in [1.82, 2.24) is 14.5 Å². The van der Waals surface area contributed by atoms with Gasteiger partial charge in [0.1, 0.15) is 5.82 Å². The standard InChI is InChI=1S/C29H20ClF3N4O3/c30-18-12-21(29(40)37(15-18)14-17-9-22(31)27(33)23(32)10-17)25(38)4-2-1-3-16-5-6-19-20(13-26-34-7-8-35-26)28(39)36-24(19)11-16/h1,3,5-13,15H,2,4,14H2,(H,34,35)(H,36,39)/b3-1+,20-13-. The first kappa shape index (κ1) is 26.9. The summed E-state index contributed by atoms with van der Waals surface area (Å²) < 4.78 is 41.5. The van der Waals surface area contributed by atoms with E-state index in [1.54, 1.807) is 30.6 Å². The first-order chi connectivity index (χ1) is 19.2. The van der Waals surface area contributed by atoms with Gasteiger partial charge >= 0.3 is 0 Å². The number of carbonyl (C=O) groups is 2. The van der Waals surface area contributed by atoms with E-state index in [4.69, 9.17) is 11.6 Å². The number of fused-ring (bicyclic) bond motifs is 1. The van der Waals surface area contributed by atoms with Crippen LogP contribution >= 0.6 is 11.6 Å². The number of pyridine rings is 1. The molecule has 0 unspecified atom stereocenters. The molecule has 0 saturated carbocycles. The maximum atomic E-state index is 13.6. The molecule has 0 fully saturated rings. The number of anilines is 1. The zero-order valence-corrected chi connectivity index (χ0v) is 21.4. The predicted molar refractivity (Wildman–Crippen MR) is 145 cm³/mol. The van der Waals surface area contributed by atoms with Gasteiger partial charge in [0.15, 0.2) is 23.2 Å². The molecular weight excluding hydrogens is 545 g/mol. The minimum Gasteiger partial charge on any atom is -0.345 e. The van der Waals surface area contributed by atoms with Gasteiger partial charge in [-0.15, -0.1) is 0 Å². The van der Waals surface area contributed by atoms with Crippen molar-refractivity contribution in [3.05, 3.63) is 122 Å². The Morgan fingerprint density at radius 2 is 1.85 bits per heavy atom. The van der Waals surface area contributed by atoms with Crippen LogP contribution in [0.25, 0.3) is 17.7 Å². The fraction of sp³-hybridized carbons (Fsp3) is 0.103. The van der Waals surface area contributed by atoms with E-state index in [-0.39, 0.29) is 35.0 Å². The summed E-state index contributed by atoms with van der Waals surface area (Å²) in [5.74, 6) is -4.51. The van der Waals surface area contributed by atoms with Crippen LogP contribution in [0.1, 0.15) is 45.7 Å². The fourth-order valence-electron chi connectivity index (χ4n) is 4.33. The van der Waals surface area contributed by atoms with Gasteiger partial charge in [0.05, 0.1) is 22.7 Å². The summed E-state index contributed by atoms with van der Waals surface area (Å²) in [6.07, 6.45) is 10.0. The third-order valence-corrected chi connectivity index (χ3v) is 6.43. The summed E-state index contributed by atoms with van der Waals surface area (Å²) in [5.41, 5.74) is 1.84. The summed E-state index contributed by atoms with van der Waals surface area (Å²) >= 11 is 6.09. The Hall–Kier alpha value is -4.70. The third kappa shape index (κ3) is 5.67. The maximum absolute atomic E-state index is 13.6. The highest BCUT2D eigenvalue weighted by Crippen LogP contribution is 2.33. The number of H-pyrrole nitrogens is 1. The molecule has 3 heterocycles. The Labute approximate surface area is 230 Å². The molecule has 1 amide bonds. The lowest BCUT2D eigenvalue weighted by atomic mass is 10.0. The lowest BCUT2D eigenvalue weighted by Crippen LogP contribution is -2.26. The van der Waals surface area contributed by atoms with E-state index in [9.17, 15) is 27.6 Å². The molecule has 1 aliphatic heterocycles. The van der Waals surface area contributed by atoms with Crippen LogP contribution in [-0.4, -0.2) is 26.2 Å². The number of nitrogens with one attached hydrogen (secondary N) is 2. The molecular formula is C29H20ClF3N4O3. The average Bonchev–Trinajstić information content (AvgIpc) is 3.54. The van der Waals surface area contributed by atoms with E-state index in [0.717, 1.165) is 27.8 Å². The van der Waals surface area contributed by atoms with Gasteiger partial charge in [0.25, 0.3) is 11.5 Å². The SMILES string of the molecule is O=C1Nc2cc(/C=C/CCC(=O)c3cc(Cl)cn(Cc4cc(F)c(F)c(F)c4)c3=O)ccc2/C1=C/c1ncc[nH]1. The van der Waals surface area contributed by atoms with Crippen molar-refractivity contribution in [3.63, 3.8) is 0 Å². The first-order valence-corrected chi connectivity index (χ1v) is 12.5.